The number of rotatable bonds is 3. The van der Waals surface area contributed by atoms with Gasteiger partial charge in [0.15, 0.2) is 0 Å². The number of benzene rings is 3. The average molecular weight is 384 g/mol. The number of hydrogen-bond acceptors (Lipinski definition) is 3. The lowest BCUT2D eigenvalue weighted by molar-refractivity contribution is 0.831. The van der Waals surface area contributed by atoms with Crippen molar-refractivity contribution in [2.24, 2.45) is 0 Å². The van der Waals surface area contributed by atoms with Crippen LogP contribution < -0.4 is 14.7 Å². The zero-order valence-corrected chi connectivity index (χ0v) is 18.0. The highest BCUT2D eigenvalue weighted by molar-refractivity contribution is 6.02. The van der Waals surface area contributed by atoms with Gasteiger partial charge in [0.2, 0.25) is 0 Å². The average Bonchev–Trinajstić information content (AvgIpc) is 3.12. The number of fused-ring (bicyclic) bond motifs is 2. The van der Waals surface area contributed by atoms with Crippen molar-refractivity contribution in [2.45, 2.75) is 39.5 Å². The molecule has 0 saturated heterocycles. The van der Waals surface area contributed by atoms with Gasteiger partial charge >= 0.3 is 0 Å². The maximum atomic E-state index is 2.48. The van der Waals surface area contributed by atoms with Gasteiger partial charge in [0, 0.05) is 12.7 Å². The first-order valence-electron chi connectivity index (χ1n) is 10.6. The normalized spacial score (nSPS) is 14.7. The van der Waals surface area contributed by atoms with Gasteiger partial charge in [-0.05, 0) is 59.4 Å². The Bertz CT molecular complexity index is 1060. The van der Waals surface area contributed by atoms with Gasteiger partial charge in [-0.15, -0.1) is 0 Å². The number of hydrogen-bond donors (Lipinski definition) is 0. The van der Waals surface area contributed by atoms with Crippen molar-refractivity contribution in [1.82, 2.24) is 0 Å². The Kier molecular flexibility index (Phi) is 4.09. The Morgan fingerprint density at radius 2 is 1.24 bits per heavy atom. The fourth-order valence-corrected chi connectivity index (χ4v) is 4.58. The second-order valence-electron chi connectivity index (χ2n) is 8.86. The summed E-state index contributed by atoms with van der Waals surface area (Å²) < 4.78 is 0. The minimum absolute atomic E-state index is 0.513. The van der Waals surface area contributed by atoms with Gasteiger partial charge in [0.05, 0.1) is 28.4 Å². The fraction of sp³-hybridized carbons (Fsp3) is 0.308. The van der Waals surface area contributed by atoms with Crippen molar-refractivity contribution < 1.29 is 0 Å². The van der Waals surface area contributed by atoms with Crippen molar-refractivity contribution in [3.8, 4) is 0 Å². The molecule has 0 aliphatic carbocycles. The molecule has 0 amide bonds. The molecule has 5 rings (SSSR count). The van der Waals surface area contributed by atoms with Crippen molar-refractivity contribution in [2.75, 3.05) is 28.4 Å². The third kappa shape index (κ3) is 2.71. The first-order valence-corrected chi connectivity index (χ1v) is 10.6. The minimum atomic E-state index is 0.513. The van der Waals surface area contributed by atoms with Crippen molar-refractivity contribution in [3.05, 3.63) is 71.8 Å². The van der Waals surface area contributed by atoms with Gasteiger partial charge in [-0.25, -0.2) is 0 Å². The highest BCUT2D eigenvalue weighted by atomic mass is 15.4. The van der Waals surface area contributed by atoms with Gasteiger partial charge in [-0.2, -0.15) is 0 Å². The van der Waals surface area contributed by atoms with Crippen LogP contribution in [-0.4, -0.2) is 13.7 Å². The molecule has 0 spiro atoms. The van der Waals surface area contributed by atoms with Crippen LogP contribution in [0.1, 0.15) is 50.7 Å². The van der Waals surface area contributed by atoms with E-state index in [-0.39, 0.29) is 0 Å². The van der Waals surface area contributed by atoms with Crippen molar-refractivity contribution in [1.29, 1.82) is 0 Å². The summed E-state index contributed by atoms with van der Waals surface area (Å²) in [6.07, 6.45) is 0. The summed E-state index contributed by atoms with van der Waals surface area (Å²) in [4.78, 5) is 7.27. The van der Waals surface area contributed by atoms with Crippen LogP contribution in [0.15, 0.2) is 60.7 Å². The molecule has 2 aliphatic rings. The molecule has 2 aliphatic heterocycles. The topological polar surface area (TPSA) is 9.72 Å². The summed E-state index contributed by atoms with van der Waals surface area (Å²) in [6, 6.07) is 22.5. The SMILES string of the molecule is CC(C)c1cc(C(C)C)cc(N2CN3c4ccccc4N(C)c4cccc2c43)c1. The van der Waals surface area contributed by atoms with E-state index in [1.165, 1.54) is 45.3 Å². The van der Waals surface area contributed by atoms with E-state index in [1.54, 1.807) is 0 Å². The maximum absolute atomic E-state index is 2.48. The third-order valence-corrected chi connectivity index (χ3v) is 6.34. The molecule has 0 aromatic heterocycles. The molecular formula is C26H29N3. The molecule has 0 atom stereocenters. The molecule has 0 unspecified atom stereocenters. The Morgan fingerprint density at radius 3 is 1.90 bits per heavy atom. The molecule has 29 heavy (non-hydrogen) atoms. The van der Waals surface area contributed by atoms with Crippen LogP contribution in [0.4, 0.5) is 34.1 Å². The summed E-state index contributed by atoms with van der Waals surface area (Å²) in [5.41, 5.74) is 10.5. The molecule has 3 nitrogen and oxygen atoms in total. The Morgan fingerprint density at radius 1 is 0.655 bits per heavy atom. The number of para-hydroxylation sites is 3. The smallest absolute Gasteiger partial charge is 0.100 e. The second kappa shape index (κ2) is 6.55. The summed E-state index contributed by atoms with van der Waals surface area (Å²) in [7, 11) is 2.17. The fourth-order valence-electron chi connectivity index (χ4n) is 4.58. The molecule has 0 N–H and O–H groups in total. The Balaban J connectivity index is 1.68. The molecule has 148 valence electrons. The molecule has 0 radical (unpaired) electrons. The molecule has 0 saturated carbocycles. The molecule has 3 heteroatoms. The largest absolute Gasteiger partial charge is 0.341 e. The van der Waals surface area contributed by atoms with Gasteiger partial charge < -0.3 is 14.7 Å². The first kappa shape index (κ1) is 18.1. The Hall–Kier alpha value is -2.94. The van der Waals surface area contributed by atoms with Crippen molar-refractivity contribution in [3.63, 3.8) is 0 Å². The van der Waals surface area contributed by atoms with Crippen LogP contribution >= 0.6 is 0 Å². The molecule has 2 heterocycles. The van der Waals surface area contributed by atoms with E-state index >= 15 is 0 Å². The summed E-state index contributed by atoms with van der Waals surface area (Å²) in [5.74, 6) is 1.03. The lowest BCUT2D eigenvalue weighted by Crippen LogP contribution is -2.28. The van der Waals surface area contributed by atoms with E-state index in [2.05, 4.69) is 110 Å². The van der Waals surface area contributed by atoms with E-state index in [4.69, 9.17) is 0 Å². The van der Waals surface area contributed by atoms with Crippen LogP contribution in [0.2, 0.25) is 0 Å². The van der Waals surface area contributed by atoms with Crippen LogP contribution in [0.5, 0.6) is 0 Å². The molecule has 0 bridgehead atoms. The quantitative estimate of drug-likeness (QED) is 0.471. The number of nitrogens with zero attached hydrogens (tertiary/aromatic N) is 3. The highest BCUT2D eigenvalue weighted by Gasteiger charge is 2.36. The summed E-state index contributed by atoms with van der Waals surface area (Å²) in [5, 5.41) is 0. The van der Waals surface area contributed by atoms with Crippen LogP contribution in [-0.2, 0) is 0 Å². The molecular weight excluding hydrogens is 354 g/mol. The van der Waals surface area contributed by atoms with Gasteiger partial charge in [0.25, 0.3) is 0 Å². The summed E-state index contributed by atoms with van der Waals surface area (Å²) in [6.45, 7) is 9.97. The van der Waals surface area contributed by atoms with E-state index in [0.717, 1.165) is 6.67 Å². The minimum Gasteiger partial charge on any atom is -0.341 e. The van der Waals surface area contributed by atoms with Crippen LogP contribution in [0.25, 0.3) is 0 Å². The lowest BCUT2D eigenvalue weighted by atomic mass is 9.94. The second-order valence-corrected chi connectivity index (χ2v) is 8.86. The van der Waals surface area contributed by atoms with Gasteiger partial charge in [-0.1, -0.05) is 52.0 Å². The van der Waals surface area contributed by atoms with Crippen LogP contribution in [0.3, 0.4) is 0 Å². The predicted octanol–water partition coefficient (Wildman–Crippen LogP) is 7.26. The molecule has 3 aromatic rings. The zero-order valence-electron chi connectivity index (χ0n) is 18.0. The van der Waals surface area contributed by atoms with Crippen molar-refractivity contribution >= 4 is 34.1 Å². The van der Waals surface area contributed by atoms with E-state index in [9.17, 15) is 0 Å². The maximum Gasteiger partial charge on any atom is 0.100 e. The summed E-state index contributed by atoms with van der Waals surface area (Å²) >= 11 is 0. The molecule has 3 aromatic carbocycles. The van der Waals surface area contributed by atoms with E-state index < -0.39 is 0 Å². The molecule has 0 fully saturated rings. The standard InChI is InChI=1S/C26H29N3/c1-17(2)19-13-20(18(3)4)15-21(14-19)28-16-29-23-10-7-6-9-22(23)27(5)24-11-8-12-25(28)26(24)29/h6-15,17-18H,16H2,1-5H3. The van der Waals surface area contributed by atoms with Crippen LogP contribution in [0, 0.1) is 0 Å². The monoisotopic (exact) mass is 383 g/mol. The third-order valence-electron chi connectivity index (χ3n) is 6.34. The van der Waals surface area contributed by atoms with E-state index in [1.807, 2.05) is 0 Å². The number of anilines is 6. The van der Waals surface area contributed by atoms with Gasteiger partial charge in [0.1, 0.15) is 6.67 Å². The Labute approximate surface area is 174 Å². The predicted molar refractivity (Wildman–Crippen MR) is 125 cm³/mol. The first-order chi connectivity index (χ1) is 14.0. The van der Waals surface area contributed by atoms with Gasteiger partial charge in [-0.3, -0.25) is 0 Å². The highest BCUT2D eigenvalue weighted by Crippen LogP contribution is 2.55. The van der Waals surface area contributed by atoms with E-state index in [0.29, 0.717) is 11.8 Å². The lowest BCUT2D eigenvalue weighted by Gasteiger charge is -2.35. The zero-order chi connectivity index (χ0) is 20.3.